The molecule has 10 heteroatoms. The number of carbonyl (C=O) groups is 1. The molecule has 0 spiro atoms. The molecule has 0 aromatic heterocycles. The first kappa shape index (κ1) is 17.6. The van der Waals surface area contributed by atoms with E-state index >= 15 is 0 Å². The van der Waals surface area contributed by atoms with Crippen molar-refractivity contribution in [3.8, 4) is 0 Å². The molecular formula is C13H15ClN2O6S. The maximum Gasteiger partial charge on any atom is 0.307 e. The zero-order valence-electron chi connectivity index (χ0n) is 12.2. The van der Waals surface area contributed by atoms with Crippen molar-refractivity contribution < 1.29 is 22.9 Å². The largest absolute Gasteiger partial charge is 0.469 e. The van der Waals surface area contributed by atoms with E-state index in [2.05, 4.69) is 9.46 Å². The van der Waals surface area contributed by atoms with Crippen molar-refractivity contribution >= 4 is 33.3 Å². The lowest BCUT2D eigenvalue weighted by atomic mass is 10.1. The lowest BCUT2D eigenvalue weighted by molar-refractivity contribution is -0.387. The molecule has 0 saturated heterocycles. The van der Waals surface area contributed by atoms with Crippen LogP contribution in [0.15, 0.2) is 23.1 Å². The van der Waals surface area contributed by atoms with E-state index in [1.54, 1.807) is 0 Å². The van der Waals surface area contributed by atoms with Gasteiger partial charge < -0.3 is 4.74 Å². The Bertz CT molecular complexity index is 732. The number of hydrogen-bond donors (Lipinski definition) is 1. The molecular weight excluding hydrogens is 348 g/mol. The zero-order valence-corrected chi connectivity index (χ0v) is 13.8. The van der Waals surface area contributed by atoms with Gasteiger partial charge in [0.05, 0.1) is 18.5 Å². The van der Waals surface area contributed by atoms with Gasteiger partial charge in [-0.1, -0.05) is 11.6 Å². The number of nitrogens with one attached hydrogen (secondary N) is 1. The van der Waals surface area contributed by atoms with Crippen molar-refractivity contribution in [1.82, 2.24) is 4.72 Å². The first-order valence-electron chi connectivity index (χ1n) is 6.77. The van der Waals surface area contributed by atoms with Gasteiger partial charge in [-0.15, -0.1) is 0 Å². The predicted octanol–water partition coefficient (Wildman–Crippen LogP) is 1.87. The Hall–Kier alpha value is -1.71. The van der Waals surface area contributed by atoms with Gasteiger partial charge in [0.25, 0.3) is 5.69 Å². The van der Waals surface area contributed by atoms with E-state index in [-0.39, 0.29) is 17.4 Å². The molecule has 1 fully saturated rings. The number of halogens is 1. The highest BCUT2D eigenvalue weighted by atomic mass is 35.5. The maximum atomic E-state index is 12.5. The van der Waals surface area contributed by atoms with E-state index in [1.165, 1.54) is 13.2 Å². The van der Waals surface area contributed by atoms with Crippen LogP contribution in [0.5, 0.6) is 0 Å². The highest BCUT2D eigenvalue weighted by Gasteiger charge is 2.37. The molecule has 0 aliphatic heterocycles. The highest BCUT2D eigenvalue weighted by molar-refractivity contribution is 7.89. The van der Waals surface area contributed by atoms with Gasteiger partial charge in [0.1, 0.15) is 0 Å². The fraction of sp³-hybridized carbons (Fsp3) is 0.462. The summed E-state index contributed by atoms with van der Waals surface area (Å²) in [5, 5.41) is 11.1. The Kier molecular flexibility index (Phi) is 5.23. The van der Waals surface area contributed by atoms with Crippen LogP contribution in [0.25, 0.3) is 0 Å². The quantitative estimate of drug-likeness (QED) is 0.449. The molecule has 0 radical (unpaired) electrons. The third-order valence-electron chi connectivity index (χ3n) is 3.52. The molecule has 1 aliphatic carbocycles. The van der Waals surface area contributed by atoms with Gasteiger partial charge in [-0.25, -0.2) is 13.1 Å². The minimum absolute atomic E-state index is 0.0234. The molecule has 2 rings (SSSR count). The summed E-state index contributed by atoms with van der Waals surface area (Å²) >= 11 is 5.68. The van der Waals surface area contributed by atoms with Crippen LogP contribution in [-0.4, -0.2) is 32.5 Å². The Balaban J connectivity index is 2.30. The number of nitro benzene ring substituents is 1. The number of sulfonamides is 1. The zero-order chi connectivity index (χ0) is 17.2. The van der Waals surface area contributed by atoms with Gasteiger partial charge in [-0.3, -0.25) is 14.9 Å². The third-order valence-corrected chi connectivity index (χ3v) is 5.29. The number of methoxy groups -OCH3 is 1. The number of ether oxygens (including phenoxy) is 1. The van der Waals surface area contributed by atoms with Crippen molar-refractivity contribution in [2.24, 2.45) is 5.92 Å². The Labute approximate surface area is 138 Å². The highest BCUT2D eigenvalue weighted by Crippen LogP contribution is 2.35. The molecule has 0 heterocycles. The van der Waals surface area contributed by atoms with Gasteiger partial charge in [-0.05, 0) is 30.9 Å². The smallest absolute Gasteiger partial charge is 0.307 e. The Morgan fingerprint density at radius 3 is 2.70 bits per heavy atom. The van der Waals surface area contributed by atoms with Crippen LogP contribution >= 0.6 is 11.6 Å². The summed E-state index contributed by atoms with van der Waals surface area (Å²) < 4.78 is 31.9. The van der Waals surface area contributed by atoms with Crippen LogP contribution in [0.2, 0.25) is 5.02 Å². The Morgan fingerprint density at radius 2 is 2.17 bits per heavy atom. The number of esters is 1. The maximum absolute atomic E-state index is 12.5. The van der Waals surface area contributed by atoms with Gasteiger partial charge >= 0.3 is 5.97 Å². The average molecular weight is 363 g/mol. The van der Waals surface area contributed by atoms with E-state index in [0.29, 0.717) is 0 Å². The minimum Gasteiger partial charge on any atom is -0.469 e. The minimum atomic E-state index is -4.17. The fourth-order valence-corrected chi connectivity index (χ4v) is 3.81. The second-order valence-corrected chi connectivity index (χ2v) is 7.33. The predicted molar refractivity (Wildman–Crippen MR) is 81.6 cm³/mol. The molecule has 0 amide bonds. The molecule has 8 nitrogen and oxygen atoms in total. The summed E-state index contributed by atoms with van der Waals surface area (Å²) in [5.74, 6) is -0.523. The summed E-state index contributed by atoms with van der Waals surface area (Å²) in [6, 6.07) is 2.66. The van der Waals surface area contributed by atoms with E-state index in [9.17, 15) is 23.3 Å². The summed E-state index contributed by atoms with van der Waals surface area (Å²) in [6.45, 7) is 0. The number of nitro groups is 1. The van der Waals surface area contributed by atoms with E-state index in [0.717, 1.165) is 25.0 Å². The first-order valence-corrected chi connectivity index (χ1v) is 8.64. The summed E-state index contributed by atoms with van der Waals surface area (Å²) in [4.78, 5) is 21.2. The molecule has 1 N–H and O–H groups in total. The SMILES string of the molecule is COC(=O)CC(NS(=O)(=O)c1ccc(Cl)cc1[N+](=O)[O-])C1CC1. The van der Waals surface area contributed by atoms with Crippen LogP contribution < -0.4 is 4.72 Å². The summed E-state index contributed by atoms with van der Waals surface area (Å²) in [7, 11) is -2.96. The van der Waals surface area contributed by atoms with Crippen LogP contribution in [0.4, 0.5) is 5.69 Å². The molecule has 0 bridgehead atoms. The van der Waals surface area contributed by atoms with Gasteiger partial charge in [-0.2, -0.15) is 0 Å². The van der Waals surface area contributed by atoms with Gasteiger partial charge in [0.15, 0.2) is 4.90 Å². The lowest BCUT2D eigenvalue weighted by Gasteiger charge is -2.17. The fourth-order valence-electron chi connectivity index (χ4n) is 2.19. The standard InChI is InChI=1S/C13H15ClN2O6S/c1-22-13(17)7-10(8-2-3-8)15-23(20,21)12-5-4-9(14)6-11(12)16(18)19/h4-6,8,10,15H,2-3,7H2,1H3. The van der Waals surface area contributed by atoms with Crippen molar-refractivity contribution in [1.29, 1.82) is 0 Å². The molecule has 1 unspecified atom stereocenters. The monoisotopic (exact) mass is 362 g/mol. The van der Waals surface area contributed by atoms with Crippen LogP contribution in [0.1, 0.15) is 19.3 Å². The van der Waals surface area contributed by atoms with Gasteiger partial charge in [0.2, 0.25) is 10.0 Å². The van der Waals surface area contributed by atoms with E-state index in [4.69, 9.17) is 11.6 Å². The number of rotatable bonds is 7. The molecule has 1 saturated carbocycles. The van der Waals surface area contributed by atoms with E-state index < -0.39 is 37.5 Å². The lowest BCUT2D eigenvalue weighted by Crippen LogP contribution is -2.38. The molecule has 23 heavy (non-hydrogen) atoms. The second kappa shape index (κ2) is 6.81. The molecule has 1 atom stereocenters. The normalized spacial score (nSPS) is 15.9. The number of carbonyl (C=O) groups excluding carboxylic acids is 1. The van der Waals surface area contributed by atoms with E-state index in [1.807, 2.05) is 0 Å². The molecule has 126 valence electrons. The first-order chi connectivity index (χ1) is 10.7. The van der Waals surface area contributed by atoms with Crippen molar-refractivity contribution in [2.75, 3.05) is 7.11 Å². The summed E-state index contributed by atoms with van der Waals surface area (Å²) in [5.41, 5.74) is -0.613. The number of benzene rings is 1. The van der Waals surface area contributed by atoms with Crippen LogP contribution in [0, 0.1) is 16.0 Å². The average Bonchev–Trinajstić information content (AvgIpc) is 3.30. The molecule has 1 aliphatic rings. The van der Waals surface area contributed by atoms with Crippen LogP contribution in [0.3, 0.4) is 0 Å². The topological polar surface area (TPSA) is 116 Å². The van der Waals surface area contributed by atoms with Crippen molar-refractivity contribution in [2.45, 2.75) is 30.2 Å². The molecule has 1 aromatic rings. The Morgan fingerprint density at radius 1 is 1.52 bits per heavy atom. The number of hydrogen-bond acceptors (Lipinski definition) is 6. The van der Waals surface area contributed by atoms with Crippen LogP contribution in [-0.2, 0) is 19.6 Å². The summed E-state index contributed by atoms with van der Waals surface area (Å²) in [6.07, 6.45) is 1.45. The van der Waals surface area contributed by atoms with Crippen molar-refractivity contribution in [3.05, 3.63) is 33.3 Å². The second-order valence-electron chi connectivity index (χ2n) is 5.21. The van der Waals surface area contributed by atoms with Crippen molar-refractivity contribution in [3.63, 3.8) is 0 Å². The molecule has 1 aromatic carbocycles. The number of nitrogens with zero attached hydrogens (tertiary/aromatic N) is 1. The third kappa shape index (κ3) is 4.40. The van der Waals surface area contributed by atoms with Gasteiger partial charge in [0, 0.05) is 17.1 Å².